The van der Waals surface area contributed by atoms with Crippen molar-refractivity contribution in [3.8, 4) is 0 Å². The van der Waals surface area contributed by atoms with Crippen LogP contribution in [0.5, 0.6) is 0 Å². The van der Waals surface area contributed by atoms with Gasteiger partial charge in [-0.25, -0.2) is 9.18 Å². The Hall–Kier alpha value is -1.14. The molecule has 1 atom stereocenters. The summed E-state index contributed by atoms with van der Waals surface area (Å²) in [6, 6.07) is 5.17. The number of amides is 1. The molecule has 0 heterocycles. The number of hydrogen-bond acceptors (Lipinski definition) is 3. The fraction of sp³-hybridized carbons (Fsp3) is 0.588. The first kappa shape index (κ1) is 19.9. The van der Waals surface area contributed by atoms with E-state index in [1.54, 1.807) is 6.07 Å². The molecule has 0 aliphatic rings. The molecule has 1 amide bonds. The van der Waals surface area contributed by atoms with Gasteiger partial charge in [-0.15, -0.1) is 0 Å². The predicted octanol–water partition coefficient (Wildman–Crippen LogP) is 4.37. The first-order valence-electron chi connectivity index (χ1n) is 7.85. The van der Waals surface area contributed by atoms with Gasteiger partial charge in [0, 0.05) is 19.1 Å². The molecule has 0 fully saturated rings. The monoisotopic (exact) mass is 388 g/mol. The molecule has 0 aromatic heterocycles. The average Bonchev–Trinajstić information content (AvgIpc) is 2.43. The second-order valence-electron chi connectivity index (χ2n) is 6.50. The van der Waals surface area contributed by atoms with E-state index < -0.39 is 11.7 Å². The highest BCUT2D eigenvalue weighted by Gasteiger charge is 2.17. The molecule has 0 saturated carbocycles. The molecule has 23 heavy (non-hydrogen) atoms. The van der Waals surface area contributed by atoms with Gasteiger partial charge in [-0.2, -0.15) is 0 Å². The lowest BCUT2D eigenvalue weighted by atomic mass is 10.1. The molecule has 2 N–H and O–H groups in total. The standard InChI is InChI=1S/C17H26BrFN2O2/c1-5-6-13(11-21-16(22)23-17(2,3)4)20-10-12-7-8-14(18)15(19)9-12/h7-9,13,20H,5-6,10-11H2,1-4H3,(H,21,22). The molecule has 4 nitrogen and oxygen atoms in total. The molecule has 130 valence electrons. The van der Waals surface area contributed by atoms with Gasteiger partial charge >= 0.3 is 6.09 Å². The summed E-state index contributed by atoms with van der Waals surface area (Å²) >= 11 is 3.14. The van der Waals surface area contributed by atoms with E-state index >= 15 is 0 Å². The van der Waals surface area contributed by atoms with Crippen molar-refractivity contribution in [3.05, 3.63) is 34.1 Å². The number of benzene rings is 1. The molecule has 1 unspecified atom stereocenters. The fourth-order valence-electron chi connectivity index (χ4n) is 2.06. The Kier molecular flexibility index (Phi) is 7.99. The number of ether oxygens (including phenoxy) is 1. The van der Waals surface area contributed by atoms with Gasteiger partial charge in [-0.1, -0.05) is 19.4 Å². The van der Waals surface area contributed by atoms with Crippen molar-refractivity contribution in [3.63, 3.8) is 0 Å². The maximum atomic E-state index is 13.5. The zero-order valence-electron chi connectivity index (χ0n) is 14.2. The lowest BCUT2D eigenvalue weighted by molar-refractivity contribution is 0.0521. The zero-order chi connectivity index (χ0) is 17.5. The third-order valence-corrected chi connectivity index (χ3v) is 3.75. The van der Waals surface area contributed by atoms with E-state index in [1.165, 1.54) is 6.07 Å². The first-order valence-corrected chi connectivity index (χ1v) is 8.64. The number of carbonyl (C=O) groups excluding carboxylic acids is 1. The van der Waals surface area contributed by atoms with Crippen LogP contribution in [0.15, 0.2) is 22.7 Å². The number of nitrogens with one attached hydrogen (secondary N) is 2. The van der Waals surface area contributed by atoms with Crippen LogP contribution >= 0.6 is 15.9 Å². The molecule has 0 bridgehead atoms. The van der Waals surface area contributed by atoms with Gasteiger partial charge in [0.1, 0.15) is 11.4 Å². The van der Waals surface area contributed by atoms with E-state index in [2.05, 4.69) is 33.5 Å². The average molecular weight is 389 g/mol. The highest BCUT2D eigenvalue weighted by atomic mass is 79.9. The SMILES string of the molecule is CCCC(CNC(=O)OC(C)(C)C)NCc1ccc(Br)c(F)c1. The Bertz CT molecular complexity index is 518. The van der Waals surface area contributed by atoms with Gasteiger partial charge < -0.3 is 15.4 Å². The molecular formula is C17H26BrFN2O2. The van der Waals surface area contributed by atoms with Crippen molar-refractivity contribution >= 4 is 22.0 Å². The number of rotatable bonds is 7. The Morgan fingerprint density at radius 1 is 1.39 bits per heavy atom. The minimum absolute atomic E-state index is 0.110. The van der Waals surface area contributed by atoms with E-state index in [0.717, 1.165) is 18.4 Å². The third kappa shape index (κ3) is 8.32. The minimum Gasteiger partial charge on any atom is -0.444 e. The van der Waals surface area contributed by atoms with E-state index in [-0.39, 0.29) is 11.9 Å². The molecule has 0 saturated heterocycles. The van der Waals surface area contributed by atoms with Crippen LogP contribution in [0.3, 0.4) is 0 Å². The van der Waals surface area contributed by atoms with Crippen molar-refractivity contribution in [1.29, 1.82) is 0 Å². The Labute approximate surface area is 146 Å². The van der Waals surface area contributed by atoms with Crippen LogP contribution in [0, 0.1) is 5.82 Å². The molecule has 0 aliphatic heterocycles. The lowest BCUT2D eigenvalue weighted by Gasteiger charge is -2.22. The lowest BCUT2D eigenvalue weighted by Crippen LogP contribution is -2.42. The summed E-state index contributed by atoms with van der Waals surface area (Å²) in [5.74, 6) is -0.275. The highest BCUT2D eigenvalue weighted by Crippen LogP contribution is 2.16. The van der Waals surface area contributed by atoms with Crippen LogP contribution in [-0.4, -0.2) is 24.3 Å². The summed E-state index contributed by atoms with van der Waals surface area (Å²) in [4.78, 5) is 11.7. The number of hydrogen-bond donors (Lipinski definition) is 2. The molecule has 6 heteroatoms. The Balaban J connectivity index is 2.48. The normalized spacial score (nSPS) is 12.8. The summed E-state index contributed by atoms with van der Waals surface area (Å²) in [7, 11) is 0. The van der Waals surface area contributed by atoms with Crippen LogP contribution in [0.4, 0.5) is 9.18 Å². The maximum Gasteiger partial charge on any atom is 0.407 e. The quantitative estimate of drug-likeness (QED) is 0.728. The van der Waals surface area contributed by atoms with E-state index in [9.17, 15) is 9.18 Å². The van der Waals surface area contributed by atoms with Gasteiger partial charge in [-0.3, -0.25) is 0 Å². The summed E-state index contributed by atoms with van der Waals surface area (Å²) in [5, 5.41) is 6.13. The van der Waals surface area contributed by atoms with Crippen LogP contribution < -0.4 is 10.6 Å². The fourth-order valence-corrected chi connectivity index (χ4v) is 2.30. The first-order chi connectivity index (χ1) is 10.7. The summed E-state index contributed by atoms with van der Waals surface area (Å²) in [6.45, 7) is 8.59. The summed E-state index contributed by atoms with van der Waals surface area (Å²) in [5.41, 5.74) is 0.358. The molecule has 0 aliphatic carbocycles. The van der Waals surface area contributed by atoms with Crippen LogP contribution in [-0.2, 0) is 11.3 Å². The Morgan fingerprint density at radius 2 is 2.09 bits per heavy atom. The van der Waals surface area contributed by atoms with Gasteiger partial charge in [0.2, 0.25) is 0 Å². The van der Waals surface area contributed by atoms with Gasteiger partial charge in [-0.05, 0) is 60.8 Å². The Morgan fingerprint density at radius 3 is 2.65 bits per heavy atom. The van der Waals surface area contributed by atoms with Crippen LogP contribution in [0.25, 0.3) is 0 Å². The maximum absolute atomic E-state index is 13.5. The smallest absolute Gasteiger partial charge is 0.407 e. The van der Waals surface area contributed by atoms with E-state index in [0.29, 0.717) is 17.6 Å². The molecule has 1 rings (SSSR count). The van der Waals surface area contributed by atoms with E-state index in [4.69, 9.17) is 4.74 Å². The molecule has 0 radical (unpaired) electrons. The largest absolute Gasteiger partial charge is 0.444 e. The number of halogens is 2. The van der Waals surface area contributed by atoms with Crippen molar-refractivity contribution < 1.29 is 13.9 Å². The zero-order valence-corrected chi connectivity index (χ0v) is 15.8. The number of carbonyl (C=O) groups is 1. The van der Waals surface area contributed by atoms with Crippen molar-refractivity contribution in [1.82, 2.24) is 10.6 Å². The van der Waals surface area contributed by atoms with Crippen LogP contribution in [0.2, 0.25) is 0 Å². The van der Waals surface area contributed by atoms with Gasteiger partial charge in [0.25, 0.3) is 0 Å². The molecule has 0 spiro atoms. The highest BCUT2D eigenvalue weighted by molar-refractivity contribution is 9.10. The topological polar surface area (TPSA) is 50.4 Å². The second kappa shape index (κ2) is 9.23. The third-order valence-electron chi connectivity index (χ3n) is 3.11. The van der Waals surface area contributed by atoms with Crippen molar-refractivity contribution in [2.45, 2.75) is 58.7 Å². The second-order valence-corrected chi connectivity index (χ2v) is 7.35. The van der Waals surface area contributed by atoms with Crippen molar-refractivity contribution in [2.24, 2.45) is 0 Å². The van der Waals surface area contributed by atoms with Crippen molar-refractivity contribution in [2.75, 3.05) is 6.54 Å². The van der Waals surface area contributed by atoms with Gasteiger partial charge in [0.15, 0.2) is 0 Å². The molecule has 1 aromatic rings. The molecular weight excluding hydrogens is 363 g/mol. The summed E-state index contributed by atoms with van der Waals surface area (Å²) in [6.07, 6.45) is 1.48. The van der Waals surface area contributed by atoms with Gasteiger partial charge in [0.05, 0.1) is 4.47 Å². The van der Waals surface area contributed by atoms with E-state index in [1.807, 2.05) is 26.8 Å². The number of alkyl carbamates (subject to hydrolysis) is 1. The minimum atomic E-state index is -0.507. The molecule has 1 aromatic carbocycles. The summed E-state index contributed by atoms with van der Waals surface area (Å²) < 4.78 is 19.2. The predicted molar refractivity (Wildman–Crippen MR) is 93.9 cm³/mol. The van der Waals surface area contributed by atoms with Crippen LogP contribution in [0.1, 0.15) is 46.1 Å².